The molecule has 33 heavy (non-hydrogen) atoms. The molecule has 1 amide bonds. The van der Waals surface area contributed by atoms with Crippen LogP contribution in [0.3, 0.4) is 0 Å². The molecule has 1 aliphatic rings. The number of hydrogen-bond acceptors (Lipinski definition) is 8. The normalized spacial score (nSPS) is 13.6. The number of amides is 1. The monoisotopic (exact) mass is 488 g/mol. The number of nitrogens with one attached hydrogen (secondary N) is 2. The molecule has 2 heterocycles. The maximum Gasteiger partial charge on any atom is 0.338 e. The molecule has 11 heteroatoms. The van der Waals surface area contributed by atoms with Gasteiger partial charge >= 0.3 is 5.97 Å². The summed E-state index contributed by atoms with van der Waals surface area (Å²) in [7, 11) is -3.69. The van der Waals surface area contributed by atoms with Crippen molar-refractivity contribution in [3.63, 3.8) is 0 Å². The molecular weight excluding hydrogens is 468 g/mol. The number of rotatable bonds is 7. The van der Waals surface area contributed by atoms with Gasteiger partial charge < -0.3 is 19.5 Å². The van der Waals surface area contributed by atoms with Crippen molar-refractivity contribution in [1.82, 2.24) is 0 Å². The van der Waals surface area contributed by atoms with Crippen molar-refractivity contribution in [3.05, 3.63) is 65.5 Å². The summed E-state index contributed by atoms with van der Waals surface area (Å²) in [5, 5.41) is 4.33. The van der Waals surface area contributed by atoms with E-state index in [0.29, 0.717) is 36.1 Å². The molecule has 0 saturated carbocycles. The zero-order valence-electron chi connectivity index (χ0n) is 17.4. The van der Waals surface area contributed by atoms with Crippen molar-refractivity contribution in [2.24, 2.45) is 0 Å². The van der Waals surface area contributed by atoms with E-state index in [2.05, 4.69) is 10.0 Å². The van der Waals surface area contributed by atoms with E-state index < -0.39 is 28.0 Å². The van der Waals surface area contributed by atoms with E-state index in [1.807, 2.05) is 0 Å². The summed E-state index contributed by atoms with van der Waals surface area (Å²) in [5.74, 6) is -0.105. The first-order valence-electron chi connectivity index (χ1n) is 9.90. The molecule has 172 valence electrons. The van der Waals surface area contributed by atoms with Gasteiger partial charge in [-0.05, 0) is 54.8 Å². The number of esters is 1. The standard InChI is InChI=1S/C22H20N2O7S2/c1-14(21(25)23-17-8-9-18-19(13-17)30-11-10-29-18)31-22(26)15-4-6-16(7-5-15)24-33(27,28)20-3-2-12-32-20/h2-9,12-14,24H,10-11H2,1H3,(H,23,25)/t14-/m1/s1. The third-order valence-corrected chi connectivity index (χ3v) is 7.37. The zero-order chi connectivity index (χ0) is 23.4. The molecular formula is C22H20N2O7S2. The van der Waals surface area contributed by atoms with Gasteiger partial charge in [-0.25, -0.2) is 13.2 Å². The topological polar surface area (TPSA) is 120 Å². The van der Waals surface area contributed by atoms with Gasteiger partial charge in [0, 0.05) is 17.4 Å². The Morgan fingerprint density at radius 2 is 1.70 bits per heavy atom. The van der Waals surface area contributed by atoms with E-state index in [0.717, 1.165) is 11.3 Å². The van der Waals surface area contributed by atoms with Gasteiger partial charge in [0.1, 0.15) is 17.4 Å². The Kier molecular flexibility index (Phi) is 6.52. The Labute approximate surface area is 194 Å². The van der Waals surface area contributed by atoms with Gasteiger partial charge in [-0.2, -0.15) is 0 Å². The third-order valence-electron chi connectivity index (χ3n) is 4.60. The van der Waals surface area contributed by atoms with Gasteiger partial charge in [0.05, 0.1) is 5.56 Å². The number of hydrogen-bond donors (Lipinski definition) is 2. The SMILES string of the molecule is C[C@@H](OC(=O)c1ccc(NS(=O)(=O)c2cccs2)cc1)C(=O)Nc1ccc2c(c1)OCCO2. The summed E-state index contributed by atoms with van der Waals surface area (Å²) in [6.45, 7) is 2.34. The van der Waals surface area contributed by atoms with Crippen molar-refractivity contribution in [2.45, 2.75) is 17.2 Å². The number of carbonyl (C=O) groups is 2. The quantitative estimate of drug-likeness (QED) is 0.489. The summed E-state index contributed by atoms with van der Waals surface area (Å²) >= 11 is 1.10. The third kappa shape index (κ3) is 5.44. The minimum atomic E-state index is -3.69. The highest BCUT2D eigenvalue weighted by atomic mass is 32.2. The second kappa shape index (κ2) is 9.51. The van der Waals surface area contributed by atoms with Gasteiger partial charge in [0.2, 0.25) is 0 Å². The maximum absolute atomic E-state index is 12.4. The van der Waals surface area contributed by atoms with Gasteiger partial charge in [0.15, 0.2) is 17.6 Å². The highest BCUT2D eigenvalue weighted by Gasteiger charge is 2.21. The van der Waals surface area contributed by atoms with E-state index in [1.54, 1.807) is 29.6 Å². The second-order valence-electron chi connectivity index (χ2n) is 7.01. The Hall–Kier alpha value is -3.57. The molecule has 0 bridgehead atoms. The lowest BCUT2D eigenvalue weighted by Gasteiger charge is -2.19. The number of sulfonamides is 1. The molecule has 0 spiro atoms. The Bertz CT molecular complexity index is 1260. The summed E-state index contributed by atoms with van der Waals surface area (Å²) < 4.78 is 43.4. The number of anilines is 2. The van der Waals surface area contributed by atoms with E-state index in [4.69, 9.17) is 14.2 Å². The summed E-state index contributed by atoms with van der Waals surface area (Å²) in [6.07, 6.45) is -1.07. The van der Waals surface area contributed by atoms with Crippen LogP contribution in [0.4, 0.5) is 11.4 Å². The van der Waals surface area contributed by atoms with Crippen LogP contribution in [-0.2, 0) is 19.6 Å². The molecule has 0 unspecified atom stereocenters. The first kappa shape index (κ1) is 22.6. The van der Waals surface area contributed by atoms with Gasteiger partial charge in [-0.1, -0.05) is 6.07 Å². The van der Waals surface area contributed by atoms with Crippen LogP contribution in [0.25, 0.3) is 0 Å². The Balaban J connectivity index is 1.34. The van der Waals surface area contributed by atoms with Crippen LogP contribution in [-0.4, -0.2) is 39.6 Å². The molecule has 0 saturated heterocycles. The molecule has 1 aromatic heterocycles. The summed E-state index contributed by atoms with van der Waals surface area (Å²) in [4.78, 5) is 24.8. The van der Waals surface area contributed by atoms with Crippen molar-refractivity contribution >= 4 is 44.6 Å². The van der Waals surface area contributed by atoms with Crippen molar-refractivity contribution in [3.8, 4) is 11.5 Å². The number of fused-ring (bicyclic) bond motifs is 1. The summed E-state index contributed by atoms with van der Waals surface area (Å²) in [5.41, 5.74) is 0.951. The largest absolute Gasteiger partial charge is 0.486 e. The van der Waals surface area contributed by atoms with Crippen LogP contribution < -0.4 is 19.5 Å². The molecule has 2 N–H and O–H groups in total. The smallest absolute Gasteiger partial charge is 0.338 e. The van der Waals surface area contributed by atoms with Gasteiger partial charge in [-0.3, -0.25) is 9.52 Å². The minimum absolute atomic E-state index is 0.174. The minimum Gasteiger partial charge on any atom is -0.486 e. The first-order chi connectivity index (χ1) is 15.8. The van der Waals surface area contributed by atoms with Crippen LogP contribution in [0.1, 0.15) is 17.3 Å². The number of carbonyl (C=O) groups excluding carboxylic acids is 2. The van der Waals surface area contributed by atoms with Crippen molar-refractivity contribution in [2.75, 3.05) is 23.3 Å². The van der Waals surface area contributed by atoms with Crippen LogP contribution in [0.2, 0.25) is 0 Å². The molecule has 3 aromatic rings. The predicted molar refractivity (Wildman–Crippen MR) is 123 cm³/mol. The Morgan fingerprint density at radius 1 is 1.00 bits per heavy atom. The first-order valence-corrected chi connectivity index (χ1v) is 12.3. The molecule has 1 aliphatic heterocycles. The molecule has 0 fully saturated rings. The highest BCUT2D eigenvalue weighted by Crippen LogP contribution is 2.32. The van der Waals surface area contributed by atoms with Crippen LogP contribution >= 0.6 is 11.3 Å². The van der Waals surface area contributed by atoms with E-state index in [-0.39, 0.29) is 9.77 Å². The van der Waals surface area contributed by atoms with Crippen LogP contribution in [0, 0.1) is 0 Å². The van der Waals surface area contributed by atoms with E-state index >= 15 is 0 Å². The average Bonchev–Trinajstić information content (AvgIpc) is 3.35. The predicted octanol–water partition coefficient (Wildman–Crippen LogP) is 3.50. The van der Waals surface area contributed by atoms with E-state index in [9.17, 15) is 18.0 Å². The molecule has 2 aromatic carbocycles. The van der Waals surface area contributed by atoms with Gasteiger partial charge in [-0.15, -0.1) is 11.3 Å². The fraction of sp³-hybridized carbons (Fsp3) is 0.182. The molecule has 4 rings (SSSR count). The van der Waals surface area contributed by atoms with Gasteiger partial charge in [0.25, 0.3) is 15.9 Å². The van der Waals surface area contributed by atoms with E-state index in [1.165, 1.54) is 37.3 Å². The van der Waals surface area contributed by atoms with Crippen LogP contribution in [0.15, 0.2) is 64.2 Å². The lowest BCUT2D eigenvalue weighted by molar-refractivity contribution is -0.123. The number of ether oxygens (including phenoxy) is 3. The lowest BCUT2D eigenvalue weighted by atomic mass is 10.2. The Morgan fingerprint density at radius 3 is 2.39 bits per heavy atom. The number of benzene rings is 2. The molecule has 9 nitrogen and oxygen atoms in total. The van der Waals surface area contributed by atoms with Crippen LogP contribution in [0.5, 0.6) is 11.5 Å². The fourth-order valence-electron chi connectivity index (χ4n) is 2.94. The molecule has 0 aliphatic carbocycles. The molecule has 1 atom stereocenters. The number of thiophene rings is 1. The maximum atomic E-state index is 12.4. The highest BCUT2D eigenvalue weighted by molar-refractivity contribution is 7.94. The summed E-state index contributed by atoms with van der Waals surface area (Å²) in [6, 6.07) is 13.9. The average molecular weight is 489 g/mol. The zero-order valence-corrected chi connectivity index (χ0v) is 19.1. The lowest BCUT2D eigenvalue weighted by Crippen LogP contribution is -2.30. The molecule has 0 radical (unpaired) electrons. The van der Waals surface area contributed by atoms with Crippen molar-refractivity contribution < 1.29 is 32.2 Å². The van der Waals surface area contributed by atoms with Crippen molar-refractivity contribution in [1.29, 1.82) is 0 Å². The fourth-order valence-corrected chi connectivity index (χ4v) is 4.99. The second-order valence-corrected chi connectivity index (χ2v) is 9.87.